The Kier molecular flexibility index (Phi) is 7.09. The number of nitrogens with one attached hydrogen (secondary N) is 1. The van der Waals surface area contributed by atoms with Gasteiger partial charge in [-0.05, 0) is 58.4 Å². The molecule has 172 valence electrons. The Balaban J connectivity index is 1.93. The molecule has 0 aliphatic carbocycles. The number of hydrogen-bond acceptors (Lipinski definition) is 3. The standard InChI is InChI=1S/C25H34N4O3/c1-6-7-8-17-27-24(31)28(21-15-11-19(3)12-16-21)22(25(27,4)5)29(32)23(30)26-20-13-9-18(2)10-14-20/h9-16,22,32H,6-8,17H2,1-5H3,(H,26,30). The smallest absolute Gasteiger partial charge is 0.315 e. The van der Waals surface area contributed by atoms with E-state index in [1.807, 2.05) is 64.1 Å². The maximum absolute atomic E-state index is 13.5. The molecule has 0 aromatic heterocycles. The van der Waals surface area contributed by atoms with Gasteiger partial charge in [-0.25, -0.2) is 9.59 Å². The summed E-state index contributed by atoms with van der Waals surface area (Å²) in [5, 5.41) is 14.4. The van der Waals surface area contributed by atoms with Gasteiger partial charge in [0.05, 0.1) is 5.54 Å². The normalized spacial score (nSPS) is 17.6. The molecule has 7 heteroatoms. The van der Waals surface area contributed by atoms with Gasteiger partial charge in [-0.3, -0.25) is 10.1 Å². The number of unbranched alkanes of at least 4 members (excludes halogenated alkanes) is 2. The van der Waals surface area contributed by atoms with Gasteiger partial charge in [-0.1, -0.05) is 55.2 Å². The predicted molar refractivity (Wildman–Crippen MR) is 127 cm³/mol. The molecule has 2 N–H and O–H groups in total. The number of urea groups is 2. The predicted octanol–water partition coefficient (Wildman–Crippen LogP) is 5.76. The molecule has 2 aromatic rings. The minimum Gasteiger partial charge on any atom is -0.315 e. The zero-order valence-electron chi connectivity index (χ0n) is 19.6. The molecule has 1 atom stereocenters. The number of anilines is 2. The first-order valence-electron chi connectivity index (χ1n) is 11.2. The molecule has 32 heavy (non-hydrogen) atoms. The molecule has 0 saturated carbocycles. The average molecular weight is 439 g/mol. The van der Waals surface area contributed by atoms with Crippen molar-refractivity contribution in [2.24, 2.45) is 0 Å². The third-order valence-corrected chi connectivity index (χ3v) is 6.05. The Hall–Kier alpha value is -3.06. The van der Waals surface area contributed by atoms with Gasteiger partial charge >= 0.3 is 12.1 Å². The summed E-state index contributed by atoms with van der Waals surface area (Å²) in [4.78, 5) is 29.8. The fourth-order valence-corrected chi connectivity index (χ4v) is 4.13. The third kappa shape index (κ3) is 4.72. The summed E-state index contributed by atoms with van der Waals surface area (Å²) in [6, 6.07) is 13.9. The van der Waals surface area contributed by atoms with Crippen molar-refractivity contribution in [1.82, 2.24) is 9.96 Å². The molecule has 1 unspecified atom stereocenters. The summed E-state index contributed by atoms with van der Waals surface area (Å²) in [6.45, 7) is 10.4. The van der Waals surface area contributed by atoms with Gasteiger partial charge in [0.25, 0.3) is 0 Å². The lowest BCUT2D eigenvalue weighted by molar-refractivity contribution is -0.0949. The minimum absolute atomic E-state index is 0.220. The zero-order chi connectivity index (χ0) is 23.5. The van der Waals surface area contributed by atoms with Gasteiger partial charge < -0.3 is 10.2 Å². The van der Waals surface area contributed by atoms with Crippen LogP contribution in [0.15, 0.2) is 48.5 Å². The topological polar surface area (TPSA) is 76.1 Å². The fraction of sp³-hybridized carbons (Fsp3) is 0.440. The van der Waals surface area contributed by atoms with Crippen molar-refractivity contribution in [3.63, 3.8) is 0 Å². The van der Waals surface area contributed by atoms with E-state index < -0.39 is 17.7 Å². The summed E-state index contributed by atoms with van der Waals surface area (Å²) in [5.41, 5.74) is 2.53. The number of nitrogens with zero attached hydrogens (tertiary/aromatic N) is 3. The van der Waals surface area contributed by atoms with Crippen LogP contribution in [-0.4, -0.2) is 45.5 Å². The molecular weight excluding hydrogens is 404 g/mol. The Morgan fingerprint density at radius 1 is 1.03 bits per heavy atom. The van der Waals surface area contributed by atoms with Gasteiger partial charge in [0.2, 0.25) is 0 Å². The number of hydroxylamine groups is 2. The van der Waals surface area contributed by atoms with E-state index in [-0.39, 0.29) is 6.03 Å². The highest BCUT2D eigenvalue weighted by molar-refractivity contribution is 5.98. The molecule has 2 aromatic carbocycles. The van der Waals surface area contributed by atoms with Crippen molar-refractivity contribution >= 4 is 23.4 Å². The lowest BCUT2D eigenvalue weighted by Crippen LogP contribution is -2.58. The number of hydrogen-bond donors (Lipinski definition) is 2. The van der Waals surface area contributed by atoms with Gasteiger partial charge in [0.1, 0.15) is 0 Å². The van der Waals surface area contributed by atoms with E-state index in [1.54, 1.807) is 17.0 Å². The summed E-state index contributed by atoms with van der Waals surface area (Å²) in [6.07, 6.45) is 2.01. The first-order valence-corrected chi connectivity index (χ1v) is 11.2. The van der Waals surface area contributed by atoms with Crippen LogP contribution in [0.4, 0.5) is 21.0 Å². The minimum atomic E-state index is -0.898. The number of carbonyl (C=O) groups is 2. The lowest BCUT2D eigenvalue weighted by atomic mass is 9.99. The second-order valence-corrected chi connectivity index (χ2v) is 9.01. The van der Waals surface area contributed by atoms with Gasteiger partial charge in [-0.2, -0.15) is 5.06 Å². The van der Waals surface area contributed by atoms with Crippen molar-refractivity contribution in [3.8, 4) is 0 Å². The van der Waals surface area contributed by atoms with E-state index >= 15 is 0 Å². The second kappa shape index (κ2) is 9.61. The summed E-state index contributed by atoms with van der Waals surface area (Å²) in [7, 11) is 0. The number of carbonyl (C=O) groups excluding carboxylic acids is 2. The monoisotopic (exact) mass is 438 g/mol. The molecule has 1 fully saturated rings. The van der Waals surface area contributed by atoms with Crippen molar-refractivity contribution in [3.05, 3.63) is 59.7 Å². The quantitative estimate of drug-likeness (QED) is 0.328. The van der Waals surface area contributed by atoms with Crippen molar-refractivity contribution in [2.45, 2.75) is 65.6 Å². The van der Waals surface area contributed by atoms with Crippen LogP contribution in [0, 0.1) is 13.8 Å². The number of rotatable bonds is 7. The molecule has 3 rings (SSSR count). The Morgan fingerprint density at radius 3 is 2.16 bits per heavy atom. The van der Waals surface area contributed by atoms with E-state index in [9.17, 15) is 14.8 Å². The molecule has 0 bridgehead atoms. The highest BCUT2D eigenvalue weighted by Crippen LogP contribution is 2.38. The third-order valence-electron chi connectivity index (χ3n) is 6.05. The van der Waals surface area contributed by atoms with E-state index in [4.69, 9.17) is 0 Å². The van der Waals surface area contributed by atoms with Crippen molar-refractivity contribution in [1.29, 1.82) is 0 Å². The number of aryl methyl sites for hydroxylation is 2. The van der Waals surface area contributed by atoms with Gasteiger partial charge in [0, 0.05) is 17.9 Å². The molecule has 1 aliphatic heterocycles. The number of benzene rings is 2. The largest absolute Gasteiger partial charge is 0.347 e. The van der Waals surface area contributed by atoms with E-state index in [0.29, 0.717) is 23.0 Å². The summed E-state index contributed by atoms with van der Waals surface area (Å²) in [5.74, 6) is 0. The Bertz CT molecular complexity index is 941. The zero-order valence-corrected chi connectivity index (χ0v) is 19.6. The van der Waals surface area contributed by atoms with E-state index in [2.05, 4.69) is 12.2 Å². The second-order valence-electron chi connectivity index (χ2n) is 9.01. The average Bonchev–Trinajstić information content (AvgIpc) is 2.95. The molecule has 0 spiro atoms. The van der Waals surface area contributed by atoms with Crippen LogP contribution in [0.5, 0.6) is 0 Å². The van der Waals surface area contributed by atoms with Crippen LogP contribution in [-0.2, 0) is 0 Å². The first-order chi connectivity index (χ1) is 15.2. The van der Waals surface area contributed by atoms with Crippen molar-refractivity contribution in [2.75, 3.05) is 16.8 Å². The molecule has 0 radical (unpaired) electrons. The molecule has 1 saturated heterocycles. The van der Waals surface area contributed by atoms with Crippen LogP contribution in [0.1, 0.15) is 51.2 Å². The maximum Gasteiger partial charge on any atom is 0.347 e. The number of amides is 4. The van der Waals surface area contributed by atoms with Crippen LogP contribution < -0.4 is 10.2 Å². The molecule has 1 heterocycles. The highest BCUT2D eigenvalue weighted by Gasteiger charge is 2.55. The molecule has 1 aliphatic rings. The van der Waals surface area contributed by atoms with Gasteiger partial charge in [-0.15, -0.1) is 0 Å². The van der Waals surface area contributed by atoms with E-state index in [0.717, 1.165) is 30.4 Å². The van der Waals surface area contributed by atoms with Crippen LogP contribution in [0.3, 0.4) is 0 Å². The molecule has 4 amide bonds. The lowest BCUT2D eigenvalue weighted by Gasteiger charge is -2.38. The molecule has 7 nitrogen and oxygen atoms in total. The van der Waals surface area contributed by atoms with E-state index in [1.165, 1.54) is 4.90 Å². The van der Waals surface area contributed by atoms with Crippen LogP contribution in [0.25, 0.3) is 0 Å². The summed E-state index contributed by atoms with van der Waals surface area (Å²) >= 11 is 0. The molecular formula is C25H34N4O3. The van der Waals surface area contributed by atoms with Crippen LogP contribution >= 0.6 is 0 Å². The first kappa shape index (κ1) is 23.6. The van der Waals surface area contributed by atoms with Crippen LogP contribution in [0.2, 0.25) is 0 Å². The fourth-order valence-electron chi connectivity index (χ4n) is 4.13. The Morgan fingerprint density at radius 2 is 1.59 bits per heavy atom. The highest BCUT2D eigenvalue weighted by atomic mass is 16.5. The summed E-state index contributed by atoms with van der Waals surface area (Å²) < 4.78 is 0. The Labute approximate surface area is 190 Å². The van der Waals surface area contributed by atoms with Gasteiger partial charge in [0.15, 0.2) is 6.17 Å². The van der Waals surface area contributed by atoms with Crippen molar-refractivity contribution < 1.29 is 14.8 Å². The maximum atomic E-state index is 13.5. The SMILES string of the molecule is CCCCCN1C(=O)N(c2ccc(C)cc2)C(N(O)C(=O)Nc2ccc(C)cc2)C1(C)C.